The number of aromatic hydroxyl groups is 1. The molecule has 0 amide bonds. The first kappa shape index (κ1) is 20.4. The Morgan fingerprint density at radius 1 is 1.07 bits per heavy atom. The number of rotatable bonds is 3. The number of piperazine rings is 1. The first-order valence-corrected chi connectivity index (χ1v) is 10.9. The quantitative estimate of drug-likeness (QED) is 0.776. The van der Waals surface area contributed by atoms with Crippen molar-refractivity contribution in [1.29, 1.82) is 0 Å². The molecule has 2 aromatic carbocycles. The Bertz CT molecular complexity index is 922. The number of anilines is 1. The van der Waals surface area contributed by atoms with Gasteiger partial charge in [-0.05, 0) is 75.4 Å². The summed E-state index contributed by atoms with van der Waals surface area (Å²) in [5, 5.41) is 11.2. The molecule has 2 aliphatic heterocycles. The number of phenols is 1. The standard InChI is InChI=1S/C24H31ClN2O2/c1-16-17(2)23-21(18(3)22(16)28)8-9-24(4,29-23)15-26-10-12-27(13-11-26)20-7-5-6-19(25)14-20/h5-7,14,28H,8-13,15H2,1-4H3. The lowest BCUT2D eigenvalue weighted by Crippen LogP contribution is -2.53. The summed E-state index contributed by atoms with van der Waals surface area (Å²) in [5.74, 6) is 1.41. The van der Waals surface area contributed by atoms with Crippen LogP contribution in [0.15, 0.2) is 24.3 Å². The van der Waals surface area contributed by atoms with Crippen molar-refractivity contribution in [1.82, 2.24) is 4.90 Å². The third kappa shape index (κ3) is 3.93. The maximum atomic E-state index is 10.4. The molecular weight excluding hydrogens is 384 g/mol. The van der Waals surface area contributed by atoms with E-state index in [1.807, 2.05) is 32.0 Å². The molecule has 0 spiro atoms. The van der Waals surface area contributed by atoms with E-state index in [0.717, 1.165) is 73.0 Å². The monoisotopic (exact) mass is 414 g/mol. The van der Waals surface area contributed by atoms with Gasteiger partial charge in [0, 0.05) is 49.0 Å². The molecule has 5 heteroatoms. The molecule has 1 unspecified atom stereocenters. The average molecular weight is 415 g/mol. The second kappa shape index (κ2) is 7.73. The summed E-state index contributed by atoms with van der Waals surface area (Å²) in [6.07, 6.45) is 1.92. The molecule has 1 atom stereocenters. The minimum atomic E-state index is -0.203. The minimum Gasteiger partial charge on any atom is -0.507 e. The molecule has 2 heterocycles. The van der Waals surface area contributed by atoms with Gasteiger partial charge in [-0.25, -0.2) is 0 Å². The Balaban J connectivity index is 1.44. The van der Waals surface area contributed by atoms with Crippen molar-refractivity contribution in [2.75, 3.05) is 37.6 Å². The van der Waals surface area contributed by atoms with Crippen molar-refractivity contribution in [2.45, 2.75) is 46.1 Å². The summed E-state index contributed by atoms with van der Waals surface area (Å²) < 4.78 is 6.61. The molecule has 4 rings (SSSR count). The Morgan fingerprint density at radius 3 is 2.48 bits per heavy atom. The van der Waals surface area contributed by atoms with E-state index in [2.05, 4.69) is 29.7 Å². The Hall–Kier alpha value is -1.91. The summed E-state index contributed by atoms with van der Waals surface area (Å²) in [4.78, 5) is 4.92. The van der Waals surface area contributed by atoms with Crippen LogP contribution in [0.25, 0.3) is 0 Å². The van der Waals surface area contributed by atoms with Crippen LogP contribution in [0.2, 0.25) is 5.02 Å². The smallest absolute Gasteiger partial charge is 0.127 e. The van der Waals surface area contributed by atoms with E-state index in [1.165, 1.54) is 11.3 Å². The Kier molecular flexibility index (Phi) is 5.43. The highest BCUT2D eigenvalue weighted by molar-refractivity contribution is 6.30. The molecule has 0 aromatic heterocycles. The van der Waals surface area contributed by atoms with Crippen LogP contribution in [0.4, 0.5) is 5.69 Å². The zero-order chi connectivity index (χ0) is 20.8. The molecule has 0 aliphatic carbocycles. The molecule has 1 N–H and O–H groups in total. The average Bonchev–Trinajstić information content (AvgIpc) is 2.71. The lowest BCUT2D eigenvalue weighted by Gasteiger charge is -2.43. The molecule has 156 valence electrons. The van der Waals surface area contributed by atoms with Gasteiger partial charge in [0.05, 0.1) is 0 Å². The summed E-state index contributed by atoms with van der Waals surface area (Å²) >= 11 is 6.16. The number of hydrogen-bond donors (Lipinski definition) is 1. The summed E-state index contributed by atoms with van der Waals surface area (Å²) in [5.41, 5.74) is 5.15. The minimum absolute atomic E-state index is 0.203. The summed E-state index contributed by atoms with van der Waals surface area (Å²) in [6, 6.07) is 8.11. The predicted octanol–water partition coefficient (Wildman–Crippen LogP) is 4.88. The number of halogens is 1. The van der Waals surface area contributed by atoms with Crippen molar-refractivity contribution < 1.29 is 9.84 Å². The fraction of sp³-hybridized carbons (Fsp3) is 0.500. The number of ether oxygens (including phenoxy) is 1. The van der Waals surface area contributed by atoms with Crippen molar-refractivity contribution in [3.05, 3.63) is 51.5 Å². The number of benzene rings is 2. The molecule has 0 radical (unpaired) electrons. The van der Waals surface area contributed by atoms with Crippen LogP contribution >= 0.6 is 11.6 Å². The van der Waals surface area contributed by atoms with Gasteiger partial charge < -0.3 is 14.7 Å². The highest BCUT2D eigenvalue weighted by atomic mass is 35.5. The molecule has 0 bridgehead atoms. The van der Waals surface area contributed by atoms with Crippen LogP contribution in [0, 0.1) is 20.8 Å². The molecule has 4 nitrogen and oxygen atoms in total. The van der Waals surface area contributed by atoms with Gasteiger partial charge in [0.15, 0.2) is 0 Å². The number of phenolic OH excluding ortho intramolecular Hbond substituents is 1. The van der Waals surface area contributed by atoms with Gasteiger partial charge in [0.1, 0.15) is 17.1 Å². The predicted molar refractivity (Wildman–Crippen MR) is 120 cm³/mol. The summed E-state index contributed by atoms with van der Waals surface area (Å²) in [7, 11) is 0. The van der Waals surface area contributed by atoms with Crippen molar-refractivity contribution >= 4 is 17.3 Å². The second-order valence-corrected chi connectivity index (χ2v) is 9.26. The number of hydrogen-bond acceptors (Lipinski definition) is 4. The fourth-order valence-electron chi connectivity index (χ4n) is 4.72. The fourth-order valence-corrected chi connectivity index (χ4v) is 4.90. The zero-order valence-corrected chi connectivity index (χ0v) is 18.6. The molecule has 1 saturated heterocycles. The Labute approximate surface area is 179 Å². The van der Waals surface area contributed by atoms with Crippen LogP contribution in [-0.4, -0.2) is 48.3 Å². The van der Waals surface area contributed by atoms with Crippen LogP contribution in [0.1, 0.15) is 35.6 Å². The SMILES string of the molecule is Cc1c(C)c2c(c(C)c1O)CCC(C)(CN1CCN(c3cccc(Cl)c3)CC1)O2. The van der Waals surface area contributed by atoms with Gasteiger partial charge in [0.25, 0.3) is 0 Å². The van der Waals surface area contributed by atoms with Crippen LogP contribution < -0.4 is 9.64 Å². The van der Waals surface area contributed by atoms with E-state index < -0.39 is 0 Å². The van der Waals surface area contributed by atoms with Crippen molar-refractivity contribution in [3.63, 3.8) is 0 Å². The van der Waals surface area contributed by atoms with E-state index >= 15 is 0 Å². The molecule has 2 aliphatic rings. The van der Waals surface area contributed by atoms with Gasteiger partial charge in [-0.3, -0.25) is 4.90 Å². The van der Waals surface area contributed by atoms with Gasteiger partial charge in [-0.15, -0.1) is 0 Å². The maximum Gasteiger partial charge on any atom is 0.127 e. The van der Waals surface area contributed by atoms with Gasteiger partial charge in [0.2, 0.25) is 0 Å². The number of nitrogens with zero attached hydrogens (tertiary/aromatic N) is 2. The van der Waals surface area contributed by atoms with Crippen molar-refractivity contribution in [3.8, 4) is 11.5 Å². The topological polar surface area (TPSA) is 35.9 Å². The maximum absolute atomic E-state index is 10.4. The first-order chi connectivity index (χ1) is 13.8. The zero-order valence-electron chi connectivity index (χ0n) is 17.9. The van der Waals surface area contributed by atoms with Gasteiger partial charge >= 0.3 is 0 Å². The summed E-state index contributed by atoms with van der Waals surface area (Å²) in [6.45, 7) is 13.2. The van der Waals surface area contributed by atoms with Gasteiger partial charge in [-0.2, -0.15) is 0 Å². The largest absolute Gasteiger partial charge is 0.507 e. The van der Waals surface area contributed by atoms with Gasteiger partial charge in [-0.1, -0.05) is 17.7 Å². The molecule has 29 heavy (non-hydrogen) atoms. The van der Waals surface area contributed by atoms with Crippen LogP contribution in [0.5, 0.6) is 11.5 Å². The van der Waals surface area contributed by atoms with E-state index in [9.17, 15) is 5.11 Å². The molecule has 1 fully saturated rings. The van der Waals surface area contributed by atoms with E-state index in [1.54, 1.807) is 0 Å². The third-order valence-electron chi connectivity index (χ3n) is 6.70. The lowest BCUT2D eigenvalue weighted by atomic mass is 9.87. The molecule has 2 aromatic rings. The van der Waals surface area contributed by atoms with Crippen LogP contribution in [0.3, 0.4) is 0 Å². The normalized spacial score (nSPS) is 22.3. The van der Waals surface area contributed by atoms with E-state index in [-0.39, 0.29) is 5.60 Å². The van der Waals surface area contributed by atoms with E-state index in [0.29, 0.717) is 5.75 Å². The first-order valence-electron chi connectivity index (χ1n) is 10.5. The lowest BCUT2D eigenvalue weighted by molar-refractivity contribution is 0.0227. The molecular formula is C24H31ClN2O2. The van der Waals surface area contributed by atoms with Crippen molar-refractivity contribution in [2.24, 2.45) is 0 Å². The van der Waals surface area contributed by atoms with E-state index in [4.69, 9.17) is 16.3 Å². The third-order valence-corrected chi connectivity index (χ3v) is 6.93. The molecule has 0 saturated carbocycles. The number of fused-ring (bicyclic) bond motifs is 1. The highest BCUT2D eigenvalue weighted by Gasteiger charge is 2.36. The second-order valence-electron chi connectivity index (χ2n) is 8.83. The highest BCUT2D eigenvalue weighted by Crippen LogP contribution is 2.43. The Morgan fingerprint density at radius 2 is 1.79 bits per heavy atom. The van der Waals surface area contributed by atoms with Crippen LogP contribution in [-0.2, 0) is 6.42 Å².